The van der Waals surface area contributed by atoms with Gasteiger partial charge < -0.3 is 14.8 Å². The third-order valence-electron chi connectivity index (χ3n) is 4.25. The second kappa shape index (κ2) is 9.71. The molecule has 2 atom stereocenters. The molecule has 2 aromatic rings. The number of Topliss-reactive ketones (excluding diaryl/α,β-unsaturated/α-hetero) is 1. The summed E-state index contributed by atoms with van der Waals surface area (Å²) in [5, 5.41) is 12.0. The highest BCUT2D eigenvalue weighted by Gasteiger charge is 2.28. The summed E-state index contributed by atoms with van der Waals surface area (Å²) < 4.78 is 5.12. The van der Waals surface area contributed by atoms with E-state index in [1.165, 1.54) is 6.26 Å². The number of ketones is 1. The van der Waals surface area contributed by atoms with Crippen molar-refractivity contribution in [2.45, 2.75) is 39.2 Å². The topological polar surface area (TPSA) is 96.6 Å². The van der Waals surface area contributed by atoms with Crippen molar-refractivity contribution >= 4 is 17.7 Å². The average molecular weight is 371 g/mol. The van der Waals surface area contributed by atoms with E-state index >= 15 is 0 Å². The molecular formula is C21H25NO5. The van der Waals surface area contributed by atoms with E-state index in [1.807, 2.05) is 44.2 Å². The second-order valence-corrected chi connectivity index (χ2v) is 7.02. The Morgan fingerprint density at radius 1 is 1.07 bits per heavy atom. The highest BCUT2D eigenvalue weighted by atomic mass is 16.4. The van der Waals surface area contributed by atoms with Crippen LogP contribution in [-0.2, 0) is 16.0 Å². The first-order valence-corrected chi connectivity index (χ1v) is 9.00. The van der Waals surface area contributed by atoms with Crippen molar-refractivity contribution in [3.05, 3.63) is 60.1 Å². The van der Waals surface area contributed by atoms with Crippen LogP contribution in [0, 0.1) is 11.8 Å². The number of carboxylic acid groups (broad SMARTS) is 1. The number of hydrogen-bond donors (Lipinski definition) is 2. The van der Waals surface area contributed by atoms with E-state index in [-0.39, 0.29) is 23.9 Å². The minimum absolute atomic E-state index is 0.0533. The summed E-state index contributed by atoms with van der Waals surface area (Å²) in [5.74, 6) is -2.17. The molecule has 27 heavy (non-hydrogen) atoms. The van der Waals surface area contributed by atoms with E-state index in [4.69, 9.17) is 4.42 Å². The molecule has 0 aliphatic carbocycles. The summed E-state index contributed by atoms with van der Waals surface area (Å²) in [6, 6.07) is 11.5. The minimum Gasteiger partial charge on any atom is -0.480 e. The number of carbonyl (C=O) groups excluding carboxylic acids is 2. The first-order chi connectivity index (χ1) is 12.9. The van der Waals surface area contributed by atoms with E-state index in [2.05, 4.69) is 5.32 Å². The molecule has 0 bridgehead atoms. The van der Waals surface area contributed by atoms with Crippen molar-refractivity contribution in [1.82, 2.24) is 5.32 Å². The summed E-state index contributed by atoms with van der Waals surface area (Å²) >= 11 is 0. The van der Waals surface area contributed by atoms with Gasteiger partial charge in [0.2, 0.25) is 5.91 Å². The van der Waals surface area contributed by atoms with E-state index in [1.54, 1.807) is 12.1 Å². The highest BCUT2D eigenvalue weighted by Crippen LogP contribution is 2.18. The van der Waals surface area contributed by atoms with Gasteiger partial charge in [-0.25, -0.2) is 4.79 Å². The molecule has 0 saturated carbocycles. The first-order valence-electron chi connectivity index (χ1n) is 9.00. The molecule has 1 unspecified atom stereocenters. The Morgan fingerprint density at radius 3 is 2.33 bits per heavy atom. The van der Waals surface area contributed by atoms with Gasteiger partial charge in [-0.3, -0.25) is 9.59 Å². The second-order valence-electron chi connectivity index (χ2n) is 7.02. The number of rotatable bonds is 10. The van der Waals surface area contributed by atoms with E-state index in [9.17, 15) is 19.5 Å². The number of nitrogens with one attached hydrogen (secondary N) is 1. The van der Waals surface area contributed by atoms with Crippen molar-refractivity contribution in [3.8, 4) is 0 Å². The maximum atomic E-state index is 12.8. The molecule has 0 spiro atoms. The van der Waals surface area contributed by atoms with Gasteiger partial charge in [0.1, 0.15) is 6.04 Å². The number of carboxylic acids is 1. The van der Waals surface area contributed by atoms with Crippen LogP contribution in [0.2, 0.25) is 0 Å². The van der Waals surface area contributed by atoms with Crippen LogP contribution in [0.5, 0.6) is 0 Å². The summed E-state index contributed by atoms with van der Waals surface area (Å²) in [7, 11) is 0. The van der Waals surface area contributed by atoms with Gasteiger partial charge in [0.15, 0.2) is 11.5 Å². The zero-order valence-corrected chi connectivity index (χ0v) is 15.6. The van der Waals surface area contributed by atoms with E-state index < -0.39 is 23.8 Å². The van der Waals surface area contributed by atoms with E-state index in [0.29, 0.717) is 12.8 Å². The molecule has 6 nitrogen and oxygen atoms in total. The summed E-state index contributed by atoms with van der Waals surface area (Å²) in [6.45, 7) is 3.79. The number of hydrogen-bond acceptors (Lipinski definition) is 4. The van der Waals surface area contributed by atoms with Crippen LogP contribution in [0.3, 0.4) is 0 Å². The molecule has 0 fully saturated rings. The monoisotopic (exact) mass is 371 g/mol. The quantitative estimate of drug-likeness (QED) is 0.625. The zero-order chi connectivity index (χ0) is 19.8. The fourth-order valence-electron chi connectivity index (χ4n) is 2.90. The predicted octanol–water partition coefficient (Wildman–Crippen LogP) is 3.33. The molecule has 1 amide bonds. The predicted molar refractivity (Wildman–Crippen MR) is 100 cm³/mol. The first kappa shape index (κ1) is 20.4. The maximum Gasteiger partial charge on any atom is 0.326 e. The molecule has 0 saturated heterocycles. The minimum atomic E-state index is -1.08. The van der Waals surface area contributed by atoms with Gasteiger partial charge >= 0.3 is 5.97 Å². The van der Waals surface area contributed by atoms with Crippen molar-refractivity contribution in [2.75, 3.05) is 0 Å². The molecule has 1 aromatic carbocycles. The molecule has 0 aliphatic heterocycles. The van der Waals surface area contributed by atoms with Crippen molar-refractivity contribution in [3.63, 3.8) is 0 Å². The summed E-state index contributed by atoms with van der Waals surface area (Å²) in [4.78, 5) is 36.7. The molecule has 2 N–H and O–H groups in total. The Morgan fingerprint density at radius 2 is 1.78 bits per heavy atom. The average Bonchev–Trinajstić information content (AvgIpc) is 3.15. The van der Waals surface area contributed by atoms with Gasteiger partial charge in [0.25, 0.3) is 0 Å². The fourth-order valence-corrected chi connectivity index (χ4v) is 2.90. The molecule has 0 radical (unpaired) electrons. The van der Waals surface area contributed by atoms with Gasteiger partial charge in [0.05, 0.1) is 6.26 Å². The van der Waals surface area contributed by atoms with Crippen LogP contribution in [0.1, 0.15) is 42.8 Å². The lowest BCUT2D eigenvalue weighted by Crippen LogP contribution is -2.45. The summed E-state index contributed by atoms with van der Waals surface area (Å²) in [6.07, 6.45) is 2.02. The van der Waals surface area contributed by atoms with Crippen LogP contribution in [0.15, 0.2) is 53.1 Å². The van der Waals surface area contributed by atoms with Gasteiger partial charge in [-0.15, -0.1) is 0 Å². The number of benzene rings is 1. The lowest BCUT2D eigenvalue weighted by atomic mass is 9.92. The third-order valence-corrected chi connectivity index (χ3v) is 4.25. The lowest BCUT2D eigenvalue weighted by Gasteiger charge is -2.21. The molecule has 0 aliphatic rings. The highest BCUT2D eigenvalue weighted by molar-refractivity contribution is 5.97. The van der Waals surface area contributed by atoms with Crippen LogP contribution in [0.4, 0.5) is 0 Å². The molecule has 6 heteroatoms. The van der Waals surface area contributed by atoms with Gasteiger partial charge in [-0.2, -0.15) is 0 Å². The van der Waals surface area contributed by atoms with Crippen LogP contribution in [-0.4, -0.2) is 28.8 Å². The van der Waals surface area contributed by atoms with Crippen molar-refractivity contribution in [1.29, 1.82) is 0 Å². The Labute approximate surface area is 158 Å². The number of furan rings is 1. The number of aliphatic carboxylic acids is 1. The van der Waals surface area contributed by atoms with Crippen molar-refractivity contribution in [2.24, 2.45) is 11.8 Å². The smallest absolute Gasteiger partial charge is 0.326 e. The number of carbonyl (C=O) groups is 3. The molecule has 2 rings (SSSR count). The molecular weight excluding hydrogens is 346 g/mol. The van der Waals surface area contributed by atoms with Crippen molar-refractivity contribution < 1.29 is 23.9 Å². The van der Waals surface area contributed by atoms with Gasteiger partial charge in [-0.05, 0) is 36.5 Å². The van der Waals surface area contributed by atoms with Gasteiger partial charge in [-0.1, -0.05) is 44.2 Å². The maximum absolute atomic E-state index is 12.8. The normalized spacial score (nSPS) is 13.1. The van der Waals surface area contributed by atoms with Crippen LogP contribution in [0.25, 0.3) is 0 Å². The lowest BCUT2D eigenvalue weighted by molar-refractivity contribution is -0.142. The molecule has 1 aromatic heterocycles. The Balaban J connectivity index is 2.15. The van der Waals surface area contributed by atoms with Crippen LogP contribution >= 0.6 is 0 Å². The molecule has 144 valence electrons. The Bertz CT molecular complexity index is 752. The number of amides is 1. The fraction of sp³-hybridized carbons (Fsp3) is 0.381. The van der Waals surface area contributed by atoms with Crippen LogP contribution < -0.4 is 5.32 Å². The van der Waals surface area contributed by atoms with Gasteiger partial charge in [0, 0.05) is 12.3 Å². The Hall–Kier alpha value is -2.89. The van der Waals surface area contributed by atoms with E-state index in [0.717, 1.165) is 5.56 Å². The Kier molecular flexibility index (Phi) is 7.34. The summed E-state index contributed by atoms with van der Waals surface area (Å²) in [5.41, 5.74) is 0.903. The largest absolute Gasteiger partial charge is 0.480 e. The zero-order valence-electron chi connectivity index (χ0n) is 15.6. The molecule has 1 heterocycles. The standard InChI is InChI=1S/C21H25NO5/c1-14(2)11-17(21(25)26)22-20(24)16(12-15-7-4-3-5-8-15)13-18(23)19-9-6-10-27-19/h3-10,14,16-17H,11-13H2,1-2H3,(H,22,24)(H,25,26)/t16?,17-/m0/s1. The third kappa shape index (κ3) is 6.40. The SMILES string of the molecule is CC(C)C[C@H](NC(=O)C(CC(=O)c1ccco1)Cc1ccccc1)C(=O)O.